The second-order valence-electron chi connectivity index (χ2n) is 7.50. The lowest BCUT2D eigenvalue weighted by atomic mass is 10.1. The predicted octanol–water partition coefficient (Wildman–Crippen LogP) is 3.22. The highest BCUT2D eigenvalue weighted by atomic mass is 32.2. The van der Waals surface area contributed by atoms with E-state index < -0.39 is 16.1 Å². The van der Waals surface area contributed by atoms with Gasteiger partial charge in [0, 0.05) is 6.54 Å². The molecule has 1 unspecified atom stereocenters. The number of nitrogens with zero attached hydrogens (tertiary/aromatic N) is 1. The first-order chi connectivity index (χ1) is 14.6. The molecule has 2 aromatic rings. The summed E-state index contributed by atoms with van der Waals surface area (Å²) in [5, 5.41) is 2.89. The van der Waals surface area contributed by atoms with Gasteiger partial charge in [0.2, 0.25) is 15.9 Å². The summed E-state index contributed by atoms with van der Waals surface area (Å²) in [5.41, 5.74) is 3.23. The van der Waals surface area contributed by atoms with Crippen LogP contribution in [-0.2, 0) is 21.2 Å². The number of carbonyl (C=O) groups is 1. The Labute approximate surface area is 185 Å². The van der Waals surface area contributed by atoms with Gasteiger partial charge in [-0.3, -0.25) is 9.10 Å². The number of sulfonamides is 1. The Morgan fingerprint density at radius 1 is 1.06 bits per heavy atom. The molecular formula is C23H32N2O5S. The van der Waals surface area contributed by atoms with Gasteiger partial charge in [0.25, 0.3) is 0 Å². The first kappa shape index (κ1) is 24.5. The SMILES string of the molecule is CCC(C(=O)NCCc1ccc(OC)c(OC)c1)N(c1cc(C)ccc1C)S(C)(=O)=O. The van der Waals surface area contributed by atoms with Crippen molar-refractivity contribution in [2.75, 3.05) is 31.3 Å². The van der Waals surface area contributed by atoms with Gasteiger partial charge in [0.15, 0.2) is 11.5 Å². The van der Waals surface area contributed by atoms with Crippen LogP contribution in [0.1, 0.15) is 30.0 Å². The summed E-state index contributed by atoms with van der Waals surface area (Å²) in [7, 11) is -0.518. The Morgan fingerprint density at radius 2 is 1.74 bits per heavy atom. The number of hydrogen-bond donors (Lipinski definition) is 1. The molecule has 0 fully saturated rings. The van der Waals surface area contributed by atoms with Gasteiger partial charge in [0.1, 0.15) is 6.04 Å². The summed E-state index contributed by atoms with van der Waals surface area (Å²) in [5.74, 6) is 0.934. The molecule has 0 saturated carbocycles. The minimum atomic E-state index is -3.67. The van der Waals surface area contributed by atoms with E-state index in [1.165, 1.54) is 4.31 Å². The van der Waals surface area contributed by atoms with E-state index in [4.69, 9.17) is 9.47 Å². The second-order valence-corrected chi connectivity index (χ2v) is 9.36. The fourth-order valence-corrected chi connectivity index (χ4v) is 4.74. The molecule has 2 rings (SSSR count). The quantitative estimate of drug-likeness (QED) is 0.603. The molecule has 0 aliphatic heterocycles. The van der Waals surface area contributed by atoms with Crippen molar-refractivity contribution in [1.82, 2.24) is 5.32 Å². The van der Waals surface area contributed by atoms with Crippen LogP contribution in [0, 0.1) is 13.8 Å². The van der Waals surface area contributed by atoms with E-state index in [2.05, 4.69) is 5.32 Å². The van der Waals surface area contributed by atoms with E-state index in [1.807, 2.05) is 51.1 Å². The van der Waals surface area contributed by atoms with Gasteiger partial charge in [-0.15, -0.1) is 0 Å². The lowest BCUT2D eigenvalue weighted by Crippen LogP contribution is -2.49. The van der Waals surface area contributed by atoms with E-state index in [1.54, 1.807) is 20.3 Å². The van der Waals surface area contributed by atoms with E-state index >= 15 is 0 Å². The standard InChI is InChI=1S/C23H32N2O5S/c1-7-19(25(31(6,27)28)20-14-16(2)8-9-17(20)3)23(26)24-13-12-18-10-11-21(29-4)22(15-18)30-5/h8-11,14-15,19H,7,12-13H2,1-6H3,(H,24,26). The molecule has 0 heterocycles. The zero-order valence-corrected chi connectivity index (χ0v) is 19.9. The lowest BCUT2D eigenvalue weighted by Gasteiger charge is -2.31. The zero-order chi connectivity index (χ0) is 23.2. The average Bonchev–Trinajstić information content (AvgIpc) is 2.72. The molecule has 0 aromatic heterocycles. The topological polar surface area (TPSA) is 84.9 Å². The van der Waals surface area contributed by atoms with Gasteiger partial charge >= 0.3 is 0 Å². The van der Waals surface area contributed by atoms with Crippen LogP contribution < -0.4 is 19.1 Å². The van der Waals surface area contributed by atoms with Crippen LogP contribution in [0.5, 0.6) is 11.5 Å². The van der Waals surface area contributed by atoms with Crippen LogP contribution in [0.3, 0.4) is 0 Å². The summed E-state index contributed by atoms with van der Waals surface area (Å²) >= 11 is 0. The van der Waals surface area contributed by atoms with E-state index in [0.29, 0.717) is 36.6 Å². The van der Waals surface area contributed by atoms with Crippen molar-refractivity contribution in [1.29, 1.82) is 0 Å². The van der Waals surface area contributed by atoms with Gasteiger partial charge in [-0.25, -0.2) is 8.42 Å². The van der Waals surface area contributed by atoms with Gasteiger partial charge in [0.05, 0.1) is 26.2 Å². The smallest absolute Gasteiger partial charge is 0.243 e. The molecule has 1 atom stereocenters. The van der Waals surface area contributed by atoms with Crippen molar-refractivity contribution in [2.45, 2.75) is 39.7 Å². The molecule has 8 heteroatoms. The third-order valence-corrected chi connectivity index (χ3v) is 6.26. The van der Waals surface area contributed by atoms with Crippen LogP contribution in [0.2, 0.25) is 0 Å². The van der Waals surface area contributed by atoms with Crippen molar-refractivity contribution in [3.8, 4) is 11.5 Å². The highest BCUT2D eigenvalue weighted by molar-refractivity contribution is 7.92. The van der Waals surface area contributed by atoms with Gasteiger partial charge < -0.3 is 14.8 Å². The van der Waals surface area contributed by atoms with Gasteiger partial charge in [-0.2, -0.15) is 0 Å². The van der Waals surface area contributed by atoms with E-state index in [9.17, 15) is 13.2 Å². The van der Waals surface area contributed by atoms with E-state index in [-0.39, 0.29) is 5.91 Å². The van der Waals surface area contributed by atoms with E-state index in [0.717, 1.165) is 22.9 Å². The summed E-state index contributed by atoms with van der Waals surface area (Å²) in [6.07, 6.45) is 2.06. The second kappa shape index (κ2) is 10.5. The van der Waals surface area contributed by atoms with Gasteiger partial charge in [-0.1, -0.05) is 25.1 Å². The third kappa shape index (κ3) is 6.13. The number of carbonyl (C=O) groups excluding carboxylic acids is 1. The molecule has 170 valence electrons. The highest BCUT2D eigenvalue weighted by Gasteiger charge is 2.32. The predicted molar refractivity (Wildman–Crippen MR) is 124 cm³/mol. The minimum Gasteiger partial charge on any atom is -0.493 e. The molecule has 0 aliphatic carbocycles. The highest BCUT2D eigenvalue weighted by Crippen LogP contribution is 2.28. The maximum atomic E-state index is 13.0. The van der Waals surface area contributed by atoms with Crippen molar-refractivity contribution in [3.63, 3.8) is 0 Å². The van der Waals surface area contributed by atoms with Crippen molar-refractivity contribution < 1.29 is 22.7 Å². The van der Waals surface area contributed by atoms with Crippen LogP contribution in [0.25, 0.3) is 0 Å². The van der Waals surface area contributed by atoms with Crippen molar-refractivity contribution >= 4 is 21.6 Å². The molecule has 7 nitrogen and oxygen atoms in total. The molecule has 0 bridgehead atoms. The summed E-state index contributed by atoms with van der Waals surface area (Å²) in [6, 6.07) is 10.3. The Hall–Kier alpha value is -2.74. The molecule has 0 aliphatic rings. The van der Waals surface area contributed by atoms with Crippen LogP contribution in [0.4, 0.5) is 5.69 Å². The molecule has 0 radical (unpaired) electrons. The summed E-state index contributed by atoms with van der Waals surface area (Å²) < 4.78 is 37.1. The normalized spacial score (nSPS) is 12.2. The monoisotopic (exact) mass is 448 g/mol. The fourth-order valence-electron chi connectivity index (χ4n) is 3.48. The first-order valence-electron chi connectivity index (χ1n) is 10.2. The summed E-state index contributed by atoms with van der Waals surface area (Å²) in [6.45, 7) is 5.92. The fraction of sp³-hybridized carbons (Fsp3) is 0.435. The maximum Gasteiger partial charge on any atom is 0.243 e. The minimum absolute atomic E-state index is 0.325. The van der Waals surface area contributed by atoms with Crippen LogP contribution in [-0.4, -0.2) is 47.4 Å². The Balaban J connectivity index is 2.18. The Bertz CT molecular complexity index is 1020. The molecular weight excluding hydrogens is 416 g/mol. The van der Waals surface area contributed by atoms with Crippen LogP contribution in [0.15, 0.2) is 36.4 Å². The number of rotatable bonds is 10. The van der Waals surface area contributed by atoms with Crippen molar-refractivity contribution in [2.24, 2.45) is 0 Å². The number of nitrogens with one attached hydrogen (secondary N) is 1. The molecule has 31 heavy (non-hydrogen) atoms. The first-order valence-corrected chi connectivity index (χ1v) is 12.0. The zero-order valence-electron chi connectivity index (χ0n) is 19.1. The number of hydrogen-bond acceptors (Lipinski definition) is 5. The van der Waals surface area contributed by atoms with Crippen molar-refractivity contribution in [3.05, 3.63) is 53.1 Å². The number of amides is 1. The molecule has 2 aromatic carbocycles. The number of benzene rings is 2. The third-order valence-electron chi connectivity index (χ3n) is 5.09. The largest absolute Gasteiger partial charge is 0.493 e. The number of aryl methyl sites for hydroxylation is 2. The lowest BCUT2D eigenvalue weighted by molar-refractivity contribution is -0.122. The maximum absolute atomic E-state index is 13.0. The Morgan fingerprint density at radius 3 is 2.32 bits per heavy atom. The average molecular weight is 449 g/mol. The number of anilines is 1. The van der Waals surface area contributed by atoms with Gasteiger partial charge in [-0.05, 0) is 61.6 Å². The Kier molecular flexibility index (Phi) is 8.33. The molecule has 1 N–H and O–H groups in total. The molecule has 0 spiro atoms. The molecule has 1 amide bonds. The molecule has 0 saturated heterocycles. The number of ether oxygens (including phenoxy) is 2. The summed E-state index contributed by atoms with van der Waals surface area (Å²) in [4.78, 5) is 13.0. The van der Waals surface area contributed by atoms with Crippen LogP contribution >= 0.6 is 0 Å². The number of methoxy groups -OCH3 is 2.